The fourth-order valence-electron chi connectivity index (χ4n) is 1.55. The molecule has 0 heterocycles. The van der Waals surface area contributed by atoms with Crippen LogP contribution in [0.5, 0.6) is 0 Å². The molecule has 0 aliphatic rings. The molecule has 0 saturated carbocycles. The minimum absolute atomic E-state index is 0.100. The standard InChI is InChI=1S/C14H20O2S/c1-2-3-4-5-6-10-13-17(15,16)14-11-8-7-9-12-14/h6-12H,2-5,13H2,1H3/b10-6+. The van der Waals surface area contributed by atoms with Gasteiger partial charge in [0.15, 0.2) is 9.84 Å². The van der Waals surface area contributed by atoms with E-state index >= 15 is 0 Å². The number of unbranched alkanes of at least 4 members (excludes halogenated alkanes) is 3. The number of benzene rings is 1. The van der Waals surface area contributed by atoms with Gasteiger partial charge in [-0.05, 0) is 25.0 Å². The maximum absolute atomic E-state index is 11.9. The van der Waals surface area contributed by atoms with Gasteiger partial charge in [-0.25, -0.2) is 8.42 Å². The Morgan fingerprint density at radius 1 is 1.06 bits per heavy atom. The van der Waals surface area contributed by atoms with Crippen molar-refractivity contribution in [3.05, 3.63) is 42.5 Å². The van der Waals surface area contributed by atoms with Crippen molar-refractivity contribution in [3.63, 3.8) is 0 Å². The molecule has 0 saturated heterocycles. The molecule has 0 N–H and O–H groups in total. The molecular weight excluding hydrogens is 232 g/mol. The van der Waals surface area contributed by atoms with Crippen LogP contribution in [0.4, 0.5) is 0 Å². The first-order valence-electron chi connectivity index (χ1n) is 6.09. The van der Waals surface area contributed by atoms with E-state index in [2.05, 4.69) is 6.92 Å². The lowest BCUT2D eigenvalue weighted by molar-refractivity contribution is 0.599. The van der Waals surface area contributed by atoms with Gasteiger partial charge in [0, 0.05) is 0 Å². The Kier molecular flexibility index (Phi) is 5.98. The topological polar surface area (TPSA) is 34.1 Å². The molecule has 0 bridgehead atoms. The van der Waals surface area contributed by atoms with Crippen LogP contribution in [0.15, 0.2) is 47.4 Å². The molecule has 1 aromatic carbocycles. The van der Waals surface area contributed by atoms with Gasteiger partial charge in [-0.15, -0.1) is 0 Å². The van der Waals surface area contributed by atoms with Crippen molar-refractivity contribution >= 4 is 9.84 Å². The van der Waals surface area contributed by atoms with E-state index in [1.807, 2.05) is 12.1 Å². The molecule has 0 spiro atoms. The molecule has 2 nitrogen and oxygen atoms in total. The molecule has 3 heteroatoms. The summed E-state index contributed by atoms with van der Waals surface area (Å²) in [5.74, 6) is 0.100. The van der Waals surface area contributed by atoms with Crippen molar-refractivity contribution in [2.45, 2.75) is 37.5 Å². The van der Waals surface area contributed by atoms with E-state index in [0.717, 1.165) is 12.8 Å². The van der Waals surface area contributed by atoms with Crippen molar-refractivity contribution in [3.8, 4) is 0 Å². The highest BCUT2D eigenvalue weighted by molar-refractivity contribution is 7.91. The van der Waals surface area contributed by atoms with E-state index in [-0.39, 0.29) is 5.75 Å². The lowest BCUT2D eigenvalue weighted by Crippen LogP contribution is -2.04. The SMILES string of the molecule is CCCCC/C=C/CS(=O)(=O)c1ccccc1. The van der Waals surface area contributed by atoms with Gasteiger partial charge < -0.3 is 0 Å². The third-order valence-corrected chi connectivity index (χ3v) is 4.18. The summed E-state index contributed by atoms with van der Waals surface area (Å²) in [6.45, 7) is 2.16. The van der Waals surface area contributed by atoms with Gasteiger partial charge in [0.2, 0.25) is 0 Å². The van der Waals surface area contributed by atoms with Crippen LogP contribution in [0, 0.1) is 0 Å². The number of sulfone groups is 1. The van der Waals surface area contributed by atoms with Crippen LogP contribution in [-0.2, 0) is 9.84 Å². The highest BCUT2D eigenvalue weighted by Gasteiger charge is 2.10. The third-order valence-electron chi connectivity index (χ3n) is 2.56. The van der Waals surface area contributed by atoms with Crippen molar-refractivity contribution < 1.29 is 8.42 Å². The highest BCUT2D eigenvalue weighted by atomic mass is 32.2. The number of rotatable bonds is 7. The fraction of sp³-hybridized carbons (Fsp3) is 0.429. The summed E-state index contributed by atoms with van der Waals surface area (Å²) in [6, 6.07) is 8.59. The van der Waals surface area contributed by atoms with Gasteiger partial charge in [0.05, 0.1) is 10.6 Å². The van der Waals surface area contributed by atoms with Crippen LogP contribution >= 0.6 is 0 Å². The van der Waals surface area contributed by atoms with E-state index in [4.69, 9.17) is 0 Å². The van der Waals surface area contributed by atoms with Crippen molar-refractivity contribution in [2.75, 3.05) is 5.75 Å². The van der Waals surface area contributed by atoms with Crippen LogP contribution in [0.2, 0.25) is 0 Å². The molecule has 0 unspecified atom stereocenters. The predicted octanol–water partition coefficient (Wildman–Crippen LogP) is 3.60. The Hall–Kier alpha value is -1.09. The lowest BCUT2D eigenvalue weighted by atomic mass is 10.2. The molecule has 94 valence electrons. The third kappa shape index (κ3) is 5.18. The molecule has 1 rings (SSSR count). The van der Waals surface area contributed by atoms with E-state index < -0.39 is 9.84 Å². The first-order valence-corrected chi connectivity index (χ1v) is 7.75. The fourth-order valence-corrected chi connectivity index (χ4v) is 2.70. The first-order chi connectivity index (χ1) is 8.17. The van der Waals surface area contributed by atoms with Crippen molar-refractivity contribution in [1.29, 1.82) is 0 Å². The molecule has 0 amide bonds. The molecule has 0 aromatic heterocycles. The molecular formula is C14H20O2S. The van der Waals surface area contributed by atoms with Crippen molar-refractivity contribution in [1.82, 2.24) is 0 Å². The van der Waals surface area contributed by atoms with E-state index in [9.17, 15) is 8.42 Å². The van der Waals surface area contributed by atoms with Gasteiger partial charge in [0.25, 0.3) is 0 Å². The van der Waals surface area contributed by atoms with Crippen molar-refractivity contribution in [2.24, 2.45) is 0 Å². The van der Waals surface area contributed by atoms with Gasteiger partial charge >= 0.3 is 0 Å². The molecule has 0 atom stereocenters. The van der Waals surface area contributed by atoms with Crippen LogP contribution in [0.3, 0.4) is 0 Å². The largest absolute Gasteiger partial charge is 0.223 e. The summed E-state index contributed by atoms with van der Waals surface area (Å²) in [6.07, 6.45) is 8.23. The number of hydrogen-bond donors (Lipinski definition) is 0. The summed E-state index contributed by atoms with van der Waals surface area (Å²) >= 11 is 0. The van der Waals surface area contributed by atoms with Gasteiger partial charge in [-0.3, -0.25) is 0 Å². The Morgan fingerprint density at radius 2 is 1.76 bits per heavy atom. The monoisotopic (exact) mass is 252 g/mol. The second kappa shape index (κ2) is 7.28. The zero-order chi connectivity index (χ0) is 12.6. The molecule has 0 fully saturated rings. The molecule has 0 aliphatic carbocycles. The zero-order valence-electron chi connectivity index (χ0n) is 10.3. The maximum atomic E-state index is 11.9. The maximum Gasteiger partial charge on any atom is 0.181 e. The minimum Gasteiger partial charge on any atom is -0.223 e. The smallest absolute Gasteiger partial charge is 0.181 e. The van der Waals surface area contributed by atoms with Crippen LogP contribution in [0.1, 0.15) is 32.6 Å². The summed E-state index contributed by atoms with van der Waals surface area (Å²) in [5.41, 5.74) is 0. The van der Waals surface area contributed by atoms with Gasteiger partial charge in [0.1, 0.15) is 0 Å². The zero-order valence-corrected chi connectivity index (χ0v) is 11.1. The van der Waals surface area contributed by atoms with Crippen LogP contribution < -0.4 is 0 Å². The first kappa shape index (κ1) is 14.0. The minimum atomic E-state index is -3.14. The summed E-state index contributed by atoms with van der Waals surface area (Å²) < 4.78 is 23.7. The highest BCUT2D eigenvalue weighted by Crippen LogP contribution is 2.10. The summed E-state index contributed by atoms with van der Waals surface area (Å²) in [5, 5.41) is 0. The molecule has 0 aliphatic heterocycles. The Morgan fingerprint density at radius 3 is 2.41 bits per heavy atom. The normalized spacial score (nSPS) is 12.1. The molecule has 17 heavy (non-hydrogen) atoms. The Bertz CT molecular complexity index is 433. The van der Waals surface area contributed by atoms with E-state index in [1.165, 1.54) is 12.8 Å². The number of allylic oxidation sites excluding steroid dienone is 1. The number of hydrogen-bond acceptors (Lipinski definition) is 2. The summed E-state index contributed by atoms with van der Waals surface area (Å²) in [7, 11) is -3.14. The predicted molar refractivity (Wildman–Crippen MR) is 71.8 cm³/mol. The molecule has 0 radical (unpaired) electrons. The van der Waals surface area contributed by atoms with E-state index in [1.54, 1.807) is 30.3 Å². The van der Waals surface area contributed by atoms with Gasteiger partial charge in [-0.2, -0.15) is 0 Å². The Balaban J connectivity index is 2.46. The second-order valence-corrected chi connectivity index (χ2v) is 6.10. The van der Waals surface area contributed by atoms with Crippen LogP contribution in [-0.4, -0.2) is 14.2 Å². The average Bonchev–Trinajstić information content (AvgIpc) is 2.35. The molecule has 1 aromatic rings. The van der Waals surface area contributed by atoms with Gasteiger partial charge in [-0.1, -0.05) is 50.1 Å². The quantitative estimate of drug-likeness (QED) is 0.549. The van der Waals surface area contributed by atoms with E-state index in [0.29, 0.717) is 4.90 Å². The summed E-state index contributed by atoms with van der Waals surface area (Å²) in [4.78, 5) is 0.401. The second-order valence-electron chi connectivity index (χ2n) is 4.06. The van der Waals surface area contributed by atoms with Crippen LogP contribution in [0.25, 0.3) is 0 Å². The Labute approximate surface area is 104 Å². The lowest BCUT2D eigenvalue weighted by Gasteiger charge is -2.00. The average molecular weight is 252 g/mol.